The first-order valence-electron chi connectivity index (χ1n) is 8.57. The quantitative estimate of drug-likeness (QED) is 0.737. The van der Waals surface area contributed by atoms with E-state index in [4.69, 9.17) is 9.84 Å². The van der Waals surface area contributed by atoms with E-state index in [9.17, 15) is 13.6 Å². The van der Waals surface area contributed by atoms with Crippen LogP contribution in [0.1, 0.15) is 30.6 Å². The molecular weight excluding hydrogens is 330 g/mol. The number of benzene rings is 1. The monoisotopic (exact) mass is 356 g/mol. The summed E-state index contributed by atoms with van der Waals surface area (Å²) in [4.78, 5) is 14.8. The van der Waals surface area contributed by atoms with Gasteiger partial charge in [-0.3, -0.25) is 9.80 Å². The highest BCUT2D eigenvalue weighted by atomic mass is 19.3. The number of carboxylic acid groups (broad SMARTS) is 1. The third-order valence-corrected chi connectivity index (χ3v) is 4.43. The predicted octanol–water partition coefficient (Wildman–Crippen LogP) is 2.82. The molecule has 0 aromatic heterocycles. The van der Waals surface area contributed by atoms with Crippen molar-refractivity contribution in [2.24, 2.45) is 0 Å². The van der Waals surface area contributed by atoms with Gasteiger partial charge in [0, 0.05) is 38.6 Å². The smallest absolute Gasteiger partial charge is 0.335 e. The fraction of sp³-hybridized carbons (Fsp3) is 0.611. The van der Waals surface area contributed by atoms with Gasteiger partial charge < -0.3 is 9.84 Å². The number of carboxylic acids is 1. The summed E-state index contributed by atoms with van der Waals surface area (Å²) < 4.78 is 32.1. The third kappa shape index (κ3) is 6.25. The molecule has 0 amide bonds. The summed E-state index contributed by atoms with van der Waals surface area (Å²) in [5.74, 6) is -2.90. The number of aromatic carboxylic acids is 1. The van der Waals surface area contributed by atoms with Gasteiger partial charge in [0.05, 0.1) is 12.1 Å². The molecule has 7 heteroatoms. The Morgan fingerprint density at radius 2 is 2.00 bits per heavy atom. The molecule has 140 valence electrons. The van der Waals surface area contributed by atoms with Crippen molar-refractivity contribution in [2.75, 3.05) is 39.3 Å². The van der Waals surface area contributed by atoms with Crippen LogP contribution in [0.3, 0.4) is 0 Å². The van der Waals surface area contributed by atoms with Crippen LogP contribution in [0.2, 0.25) is 0 Å². The van der Waals surface area contributed by atoms with Gasteiger partial charge in [-0.15, -0.1) is 0 Å². The zero-order valence-electron chi connectivity index (χ0n) is 14.8. The number of carbonyl (C=O) groups is 1. The lowest BCUT2D eigenvalue weighted by Gasteiger charge is -2.28. The number of ether oxygens (including phenoxy) is 1. The molecule has 25 heavy (non-hydrogen) atoms. The zero-order chi connectivity index (χ0) is 18.4. The van der Waals surface area contributed by atoms with Gasteiger partial charge in [0.15, 0.2) is 0 Å². The van der Waals surface area contributed by atoms with Gasteiger partial charge in [-0.05, 0) is 38.1 Å². The average molecular weight is 356 g/mol. The van der Waals surface area contributed by atoms with Crippen molar-refractivity contribution in [1.82, 2.24) is 9.80 Å². The molecule has 0 spiro atoms. The van der Waals surface area contributed by atoms with Crippen LogP contribution < -0.4 is 4.74 Å². The standard InChI is InChI=1S/C18H26F2N2O3/c1-14(2)22(10-9-21-8-7-18(19,20)13-21)11-12-25-16-5-3-15(4-6-16)17(23)24/h3-6,14H,7-13H2,1-2H3,(H,23,24). The Kier molecular flexibility index (Phi) is 6.72. The molecule has 1 N–H and O–H groups in total. The van der Waals surface area contributed by atoms with E-state index in [0.717, 1.165) is 6.54 Å². The Morgan fingerprint density at radius 3 is 2.52 bits per heavy atom. The van der Waals surface area contributed by atoms with Crippen LogP contribution in [0, 0.1) is 0 Å². The summed E-state index contributed by atoms with van der Waals surface area (Å²) in [6, 6.07) is 6.57. The molecule has 5 nitrogen and oxygen atoms in total. The summed E-state index contributed by atoms with van der Waals surface area (Å²) in [6.45, 7) is 6.93. The summed E-state index contributed by atoms with van der Waals surface area (Å²) in [5, 5.41) is 8.87. The van der Waals surface area contributed by atoms with Crippen molar-refractivity contribution in [2.45, 2.75) is 32.2 Å². The molecule has 1 aromatic rings. The van der Waals surface area contributed by atoms with Crippen molar-refractivity contribution in [3.05, 3.63) is 29.8 Å². The topological polar surface area (TPSA) is 53.0 Å². The molecular formula is C18H26F2N2O3. The van der Waals surface area contributed by atoms with E-state index in [0.29, 0.717) is 38.0 Å². The summed E-state index contributed by atoms with van der Waals surface area (Å²) >= 11 is 0. The molecule has 0 radical (unpaired) electrons. The first kappa shape index (κ1) is 19.6. The third-order valence-electron chi connectivity index (χ3n) is 4.43. The van der Waals surface area contributed by atoms with Crippen LogP contribution >= 0.6 is 0 Å². The maximum absolute atomic E-state index is 13.2. The lowest BCUT2D eigenvalue weighted by atomic mass is 10.2. The second-order valence-electron chi connectivity index (χ2n) is 6.69. The molecule has 0 atom stereocenters. The van der Waals surface area contributed by atoms with Crippen molar-refractivity contribution >= 4 is 5.97 Å². The van der Waals surface area contributed by atoms with Crippen molar-refractivity contribution in [3.63, 3.8) is 0 Å². The van der Waals surface area contributed by atoms with Crippen LogP contribution in [0.5, 0.6) is 5.75 Å². The number of likely N-dealkylation sites (tertiary alicyclic amines) is 1. The van der Waals surface area contributed by atoms with Gasteiger partial charge in [-0.1, -0.05) is 0 Å². The fourth-order valence-electron chi connectivity index (χ4n) is 2.87. The van der Waals surface area contributed by atoms with E-state index in [1.165, 1.54) is 12.1 Å². The van der Waals surface area contributed by atoms with Crippen LogP contribution in [-0.4, -0.2) is 72.2 Å². The molecule has 0 saturated carbocycles. The van der Waals surface area contributed by atoms with Crippen LogP contribution in [0.4, 0.5) is 8.78 Å². The van der Waals surface area contributed by atoms with Gasteiger partial charge in [-0.2, -0.15) is 0 Å². The van der Waals surface area contributed by atoms with E-state index in [-0.39, 0.29) is 18.5 Å². The zero-order valence-corrected chi connectivity index (χ0v) is 14.8. The molecule has 0 aliphatic carbocycles. The lowest BCUT2D eigenvalue weighted by molar-refractivity contribution is 0.0110. The largest absolute Gasteiger partial charge is 0.492 e. The van der Waals surface area contributed by atoms with Gasteiger partial charge in [0.1, 0.15) is 12.4 Å². The Labute approximate surface area is 147 Å². The molecule has 0 unspecified atom stereocenters. The molecule has 1 heterocycles. The molecule has 1 aromatic carbocycles. The van der Waals surface area contributed by atoms with E-state index < -0.39 is 11.9 Å². The lowest BCUT2D eigenvalue weighted by Crippen LogP contribution is -2.40. The van der Waals surface area contributed by atoms with Crippen molar-refractivity contribution in [3.8, 4) is 5.75 Å². The van der Waals surface area contributed by atoms with Gasteiger partial charge in [0.25, 0.3) is 5.92 Å². The molecule has 1 saturated heterocycles. The second-order valence-corrected chi connectivity index (χ2v) is 6.69. The highest BCUT2D eigenvalue weighted by Gasteiger charge is 2.37. The normalized spacial score (nSPS) is 17.4. The minimum Gasteiger partial charge on any atom is -0.492 e. The highest BCUT2D eigenvalue weighted by molar-refractivity contribution is 5.87. The molecule has 1 aliphatic rings. The van der Waals surface area contributed by atoms with Gasteiger partial charge in [-0.25, -0.2) is 13.6 Å². The van der Waals surface area contributed by atoms with Crippen molar-refractivity contribution in [1.29, 1.82) is 0 Å². The van der Waals surface area contributed by atoms with Gasteiger partial charge in [0.2, 0.25) is 0 Å². The van der Waals surface area contributed by atoms with Gasteiger partial charge >= 0.3 is 5.97 Å². The van der Waals surface area contributed by atoms with E-state index in [1.807, 2.05) is 0 Å². The highest BCUT2D eigenvalue weighted by Crippen LogP contribution is 2.26. The van der Waals surface area contributed by atoms with Crippen LogP contribution in [0.15, 0.2) is 24.3 Å². The molecule has 1 aliphatic heterocycles. The van der Waals surface area contributed by atoms with Crippen molar-refractivity contribution < 1.29 is 23.4 Å². The number of alkyl halides is 2. The van der Waals surface area contributed by atoms with E-state index >= 15 is 0 Å². The minimum atomic E-state index is -2.55. The summed E-state index contributed by atoms with van der Waals surface area (Å²) in [5.41, 5.74) is 0.221. The number of hydrogen-bond acceptors (Lipinski definition) is 4. The maximum atomic E-state index is 13.2. The minimum absolute atomic E-state index is 0.0515. The summed E-state index contributed by atoms with van der Waals surface area (Å²) in [7, 11) is 0. The molecule has 1 fully saturated rings. The summed E-state index contributed by atoms with van der Waals surface area (Å²) in [6.07, 6.45) is -0.0515. The molecule has 2 rings (SSSR count). The Bertz CT molecular complexity index is 564. The second kappa shape index (κ2) is 8.58. The maximum Gasteiger partial charge on any atom is 0.335 e. The number of hydrogen-bond donors (Lipinski definition) is 1. The molecule has 0 bridgehead atoms. The number of rotatable bonds is 9. The number of nitrogens with zero attached hydrogens (tertiary/aromatic N) is 2. The first-order chi connectivity index (χ1) is 11.8. The predicted molar refractivity (Wildman–Crippen MR) is 91.6 cm³/mol. The Hall–Kier alpha value is -1.73. The average Bonchev–Trinajstić information content (AvgIpc) is 2.90. The SMILES string of the molecule is CC(C)N(CCOc1ccc(C(=O)O)cc1)CCN1CCC(F)(F)C1. The Balaban J connectivity index is 1.74. The van der Waals surface area contributed by atoms with E-state index in [1.54, 1.807) is 17.0 Å². The van der Waals surface area contributed by atoms with E-state index in [2.05, 4.69) is 18.7 Å². The fourth-order valence-corrected chi connectivity index (χ4v) is 2.87. The first-order valence-corrected chi connectivity index (χ1v) is 8.57. The Morgan fingerprint density at radius 1 is 1.32 bits per heavy atom. The number of halogens is 2. The van der Waals surface area contributed by atoms with Crippen LogP contribution in [-0.2, 0) is 0 Å². The van der Waals surface area contributed by atoms with Crippen LogP contribution in [0.25, 0.3) is 0 Å².